The molecule has 0 spiro atoms. The summed E-state index contributed by atoms with van der Waals surface area (Å²) in [7, 11) is 0. The van der Waals surface area contributed by atoms with E-state index in [0.717, 1.165) is 43.6 Å². The van der Waals surface area contributed by atoms with Crippen LogP contribution in [0.1, 0.15) is 31.5 Å². The number of nitrogens with zero attached hydrogens (tertiary/aromatic N) is 6. The fraction of sp³-hybridized carbons (Fsp3) is 0.360. The van der Waals surface area contributed by atoms with Crippen LogP contribution in [0.4, 0.5) is 0 Å². The molecule has 1 saturated heterocycles. The Kier molecular flexibility index (Phi) is 6.55. The van der Waals surface area contributed by atoms with Crippen molar-refractivity contribution in [1.82, 2.24) is 30.2 Å². The van der Waals surface area contributed by atoms with Gasteiger partial charge < -0.3 is 8.83 Å². The van der Waals surface area contributed by atoms with Crippen molar-refractivity contribution in [2.75, 3.05) is 19.6 Å². The molecule has 1 aliphatic rings. The van der Waals surface area contributed by atoms with E-state index < -0.39 is 0 Å². The SMILES string of the molecule is CCCC1CN(Cc2nnc(-c3ccccc3)o2)CCN1Cc1nnc(-c2ccccc2)o1. The van der Waals surface area contributed by atoms with Gasteiger partial charge in [-0.1, -0.05) is 49.7 Å². The highest BCUT2D eigenvalue weighted by atomic mass is 16.4. The Bertz CT molecular complexity index is 1140. The topological polar surface area (TPSA) is 84.3 Å². The molecule has 1 aliphatic heterocycles. The molecule has 3 heterocycles. The molecule has 0 aliphatic carbocycles. The van der Waals surface area contributed by atoms with Crippen LogP contribution in [0.3, 0.4) is 0 Å². The molecule has 4 aromatic rings. The molecule has 8 heteroatoms. The number of rotatable bonds is 8. The molecule has 1 atom stereocenters. The molecule has 33 heavy (non-hydrogen) atoms. The van der Waals surface area contributed by atoms with E-state index in [1.54, 1.807) is 0 Å². The van der Waals surface area contributed by atoms with Gasteiger partial charge in [0.1, 0.15) is 0 Å². The van der Waals surface area contributed by atoms with Crippen LogP contribution in [0.15, 0.2) is 69.5 Å². The summed E-state index contributed by atoms with van der Waals surface area (Å²) in [6, 6.07) is 20.2. The van der Waals surface area contributed by atoms with Gasteiger partial charge in [0.15, 0.2) is 0 Å². The summed E-state index contributed by atoms with van der Waals surface area (Å²) in [6.07, 6.45) is 2.22. The van der Waals surface area contributed by atoms with Gasteiger partial charge in [-0.05, 0) is 30.7 Å². The van der Waals surface area contributed by atoms with Crippen LogP contribution in [0.5, 0.6) is 0 Å². The van der Waals surface area contributed by atoms with E-state index in [1.807, 2.05) is 60.7 Å². The van der Waals surface area contributed by atoms with Crippen molar-refractivity contribution in [3.63, 3.8) is 0 Å². The van der Waals surface area contributed by atoms with Crippen LogP contribution in [-0.2, 0) is 13.1 Å². The summed E-state index contributed by atoms with van der Waals surface area (Å²) in [4.78, 5) is 4.84. The summed E-state index contributed by atoms with van der Waals surface area (Å²) < 4.78 is 11.9. The molecular weight excluding hydrogens is 416 g/mol. The second-order valence-electron chi connectivity index (χ2n) is 8.38. The summed E-state index contributed by atoms with van der Waals surface area (Å²) >= 11 is 0. The molecule has 0 radical (unpaired) electrons. The number of hydrogen-bond donors (Lipinski definition) is 0. The fourth-order valence-electron chi connectivity index (χ4n) is 4.31. The molecule has 2 aromatic carbocycles. The van der Waals surface area contributed by atoms with Gasteiger partial charge >= 0.3 is 0 Å². The van der Waals surface area contributed by atoms with Gasteiger partial charge in [-0.2, -0.15) is 0 Å². The van der Waals surface area contributed by atoms with Crippen molar-refractivity contribution >= 4 is 0 Å². The summed E-state index contributed by atoms with van der Waals surface area (Å²) in [5, 5.41) is 17.0. The molecule has 1 fully saturated rings. The summed E-state index contributed by atoms with van der Waals surface area (Å²) in [5.41, 5.74) is 1.89. The standard InChI is InChI=1S/C25H28N6O2/c1-2-9-21-16-30(17-22-26-28-24(32-22)19-10-5-3-6-11-19)14-15-31(21)18-23-27-29-25(33-23)20-12-7-4-8-13-20/h3-8,10-13,21H,2,9,14-18H2,1H3. The molecule has 8 nitrogen and oxygen atoms in total. The van der Waals surface area contributed by atoms with E-state index in [4.69, 9.17) is 8.83 Å². The number of piperazine rings is 1. The lowest BCUT2D eigenvalue weighted by atomic mass is 10.1. The van der Waals surface area contributed by atoms with Crippen molar-refractivity contribution in [2.24, 2.45) is 0 Å². The molecule has 0 amide bonds. The average molecular weight is 445 g/mol. The van der Waals surface area contributed by atoms with E-state index in [2.05, 4.69) is 37.1 Å². The van der Waals surface area contributed by atoms with Gasteiger partial charge in [0.25, 0.3) is 0 Å². The maximum absolute atomic E-state index is 5.96. The van der Waals surface area contributed by atoms with Gasteiger partial charge in [0.2, 0.25) is 23.6 Å². The third-order valence-corrected chi connectivity index (χ3v) is 5.98. The molecule has 2 aromatic heterocycles. The van der Waals surface area contributed by atoms with Crippen molar-refractivity contribution in [1.29, 1.82) is 0 Å². The quantitative estimate of drug-likeness (QED) is 0.398. The highest BCUT2D eigenvalue weighted by molar-refractivity contribution is 5.52. The lowest BCUT2D eigenvalue weighted by molar-refractivity contribution is 0.0491. The molecule has 5 rings (SSSR count). The Balaban J connectivity index is 1.21. The van der Waals surface area contributed by atoms with Gasteiger partial charge in [-0.15, -0.1) is 20.4 Å². The predicted octanol–water partition coefficient (Wildman–Crippen LogP) is 4.27. The van der Waals surface area contributed by atoms with Crippen LogP contribution >= 0.6 is 0 Å². The van der Waals surface area contributed by atoms with Crippen molar-refractivity contribution < 1.29 is 8.83 Å². The fourth-order valence-corrected chi connectivity index (χ4v) is 4.31. The minimum absolute atomic E-state index is 0.410. The molecule has 0 N–H and O–H groups in total. The van der Waals surface area contributed by atoms with E-state index in [0.29, 0.717) is 42.7 Å². The second kappa shape index (κ2) is 10.1. The molecule has 1 unspecified atom stereocenters. The number of benzene rings is 2. The number of hydrogen-bond acceptors (Lipinski definition) is 8. The Morgan fingerprint density at radius 1 is 0.758 bits per heavy atom. The van der Waals surface area contributed by atoms with E-state index >= 15 is 0 Å². The monoisotopic (exact) mass is 444 g/mol. The van der Waals surface area contributed by atoms with Crippen molar-refractivity contribution in [3.8, 4) is 22.9 Å². The van der Waals surface area contributed by atoms with E-state index in [-0.39, 0.29) is 0 Å². The first kappa shape index (κ1) is 21.5. The van der Waals surface area contributed by atoms with Gasteiger partial charge in [0, 0.05) is 36.8 Å². The summed E-state index contributed by atoms with van der Waals surface area (Å²) in [5.74, 6) is 2.46. The Morgan fingerprint density at radius 2 is 1.33 bits per heavy atom. The minimum Gasteiger partial charge on any atom is -0.419 e. The maximum atomic E-state index is 5.96. The maximum Gasteiger partial charge on any atom is 0.247 e. The van der Waals surface area contributed by atoms with Gasteiger partial charge in [-0.3, -0.25) is 9.80 Å². The largest absolute Gasteiger partial charge is 0.419 e. The zero-order chi connectivity index (χ0) is 22.5. The Morgan fingerprint density at radius 3 is 1.91 bits per heavy atom. The molecule has 170 valence electrons. The Hall–Kier alpha value is -3.36. The Labute approximate surface area is 193 Å². The number of aromatic nitrogens is 4. The summed E-state index contributed by atoms with van der Waals surface area (Å²) in [6.45, 7) is 6.33. The molecule has 0 saturated carbocycles. The highest BCUT2D eigenvalue weighted by Gasteiger charge is 2.28. The third-order valence-electron chi connectivity index (χ3n) is 5.98. The predicted molar refractivity (Wildman–Crippen MR) is 124 cm³/mol. The third kappa shape index (κ3) is 5.18. The van der Waals surface area contributed by atoms with Crippen LogP contribution in [0.25, 0.3) is 22.9 Å². The zero-order valence-corrected chi connectivity index (χ0v) is 18.8. The van der Waals surface area contributed by atoms with Crippen LogP contribution < -0.4 is 0 Å². The van der Waals surface area contributed by atoms with Crippen molar-refractivity contribution in [3.05, 3.63) is 72.4 Å². The minimum atomic E-state index is 0.410. The highest BCUT2D eigenvalue weighted by Crippen LogP contribution is 2.23. The van der Waals surface area contributed by atoms with E-state index in [1.165, 1.54) is 0 Å². The van der Waals surface area contributed by atoms with Gasteiger partial charge in [0.05, 0.1) is 13.1 Å². The first-order valence-electron chi connectivity index (χ1n) is 11.5. The van der Waals surface area contributed by atoms with Crippen LogP contribution in [0, 0.1) is 0 Å². The van der Waals surface area contributed by atoms with Crippen molar-refractivity contribution in [2.45, 2.75) is 38.9 Å². The smallest absolute Gasteiger partial charge is 0.247 e. The van der Waals surface area contributed by atoms with E-state index in [9.17, 15) is 0 Å². The normalized spacial score (nSPS) is 17.4. The van der Waals surface area contributed by atoms with Gasteiger partial charge in [-0.25, -0.2) is 0 Å². The molecular formula is C25H28N6O2. The average Bonchev–Trinajstić information content (AvgIpc) is 3.52. The lowest BCUT2D eigenvalue weighted by Crippen LogP contribution is -2.52. The first-order valence-corrected chi connectivity index (χ1v) is 11.5. The first-order chi connectivity index (χ1) is 16.3. The molecule has 0 bridgehead atoms. The van der Waals surface area contributed by atoms with Crippen LogP contribution in [0.2, 0.25) is 0 Å². The van der Waals surface area contributed by atoms with Crippen LogP contribution in [-0.4, -0.2) is 55.9 Å². The lowest BCUT2D eigenvalue weighted by Gasteiger charge is -2.40. The second-order valence-corrected chi connectivity index (χ2v) is 8.38. The zero-order valence-electron chi connectivity index (χ0n) is 18.8.